The molecule has 1 aromatic rings. The topological polar surface area (TPSA) is 31.2 Å². The van der Waals surface area contributed by atoms with Crippen molar-refractivity contribution in [1.29, 1.82) is 0 Å². The molecule has 1 saturated carbocycles. The molecule has 1 aliphatic rings. The molecule has 1 fully saturated rings. The smallest absolute Gasteiger partial charge is 0.339 e. The van der Waals surface area contributed by atoms with E-state index in [1.165, 1.54) is 37.8 Å². The SMILES string of the molecule is CCOC(=O)c1cc(C)n(C2CCCCC2)c1C. The van der Waals surface area contributed by atoms with Gasteiger partial charge in [0.1, 0.15) is 0 Å². The van der Waals surface area contributed by atoms with Gasteiger partial charge in [-0.15, -0.1) is 0 Å². The number of aromatic nitrogens is 1. The van der Waals surface area contributed by atoms with E-state index in [0.717, 1.165) is 11.3 Å². The van der Waals surface area contributed by atoms with Crippen molar-refractivity contribution in [3.63, 3.8) is 0 Å². The van der Waals surface area contributed by atoms with Crippen LogP contribution in [-0.4, -0.2) is 17.1 Å². The maximum absolute atomic E-state index is 11.9. The van der Waals surface area contributed by atoms with Crippen LogP contribution in [-0.2, 0) is 4.74 Å². The summed E-state index contributed by atoms with van der Waals surface area (Å²) in [7, 11) is 0. The predicted molar refractivity (Wildman–Crippen MR) is 72.0 cm³/mol. The standard InChI is InChI=1S/C15H23NO2/c1-4-18-15(17)14-10-11(2)16(12(14)3)13-8-6-5-7-9-13/h10,13H,4-9H2,1-3H3. The lowest BCUT2D eigenvalue weighted by Crippen LogP contribution is -2.16. The van der Waals surface area contributed by atoms with Gasteiger partial charge in [-0.1, -0.05) is 19.3 Å². The van der Waals surface area contributed by atoms with Gasteiger partial charge < -0.3 is 9.30 Å². The van der Waals surface area contributed by atoms with Gasteiger partial charge in [-0.3, -0.25) is 0 Å². The minimum Gasteiger partial charge on any atom is -0.462 e. The molecule has 1 aliphatic carbocycles. The van der Waals surface area contributed by atoms with Crippen molar-refractivity contribution in [1.82, 2.24) is 4.57 Å². The summed E-state index contributed by atoms with van der Waals surface area (Å²) in [5, 5.41) is 0. The summed E-state index contributed by atoms with van der Waals surface area (Å²) in [4.78, 5) is 11.9. The monoisotopic (exact) mass is 249 g/mol. The number of esters is 1. The van der Waals surface area contributed by atoms with Crippen molar-refractivity contribution in [2.75, 3.05) is 6.61 Å². The minimum absolute atomic E-state index is 0.187. The second-order valence-corrected chi connectivity index (χ2v) is 5.17. The van der Waals surface area contributed by atoms with Crippen molar-refractivity contribution < 1.29 is 9.53 Å². The van der Waals surface area contributed by atoms with Crippen molar-refractivity contribution >= 4 is 5.97 Å². The number of ether oxygens (including phenoxy) is 1. The highest BCUT2D eigenvalue weighted by Crippen LogP contribution is 2.32. The van der Waals surface area contributed by atoms with Crippen molar-refractivity contribution in [3.05, 3.63) is 23.0 Å². The highest BCUT2D eigenvalue weighted by Gasteiger charge is 2.22. The molecule has 0 unspecified atom stereocenters. The molecule has 0 radical (unpaired) electrons. The first-order valence-corrected chi connectivity index (χ1v) is 7.00. The number of hydrogen-bond acceptors (Lipinski definition) is 2. The highest BCUT2D eigenvalue weighted by molar-refractivity contribution is 5.91. The Bertz CT molecular complexity index is 428. The van der Waals surface area contributed by atoms with E-state index in [1.807, 2.05) is 19.9 Å². The third-order valence-electron chi connectivity index (χ3n) is 3.92. The molecule has 0 amide bonds. The van der Waals surface area contributed by atoms with Gasteiger partial charge in [-0.05, 0) is 39.7 Å². The third kappa shape index (κ3) is 2.45. The first kappa shape index (κ1) is 13.2. The van der Waals surface area contributed by atoms with E-state index < -0.39 is 0 Å². The number of rotatable bonds is 3. The van der Waals surface area contributed by atoms with Crippen LogP contribution in [0.15, 0.2) is 6.07 Å². The van der Waals surface area contributed by atoms with Crippen LogP contribution in [0.4, 0.5) is 0 Å². The van der Waals surface area contributed by atoms with Gasteiger partial charge in [0, 0.05) is 17.4 Å². The molecule has 0 aliphatic heterocycles. The summed E-state index contributed by atoms with van der Waals surface area (Å²) in [5.74, 6) is -0.187. The first-order valence-electron chi connectivity index (χ1n) is 7.00. The molecule has 100 valence electrons. The first-order chi connectivity index (χ1) is 8.65. The van der Waals surface area contributed by atoms with Crippen LogP contribution < -0.4 is 0 Å². The van der Waals surface area contributed by atoms with Crippen molar-refractivity contribution in [2.24, 2.45) is 0 Å². The minimum atomic E-state index is -0.187. The van der Waals surface area contributed by atoms with Gasteiger partial charge in [-0.2, -0.15) is 0 Å². The van der Waals surface area contributed by atoms with Crippen molar-refractivity contribution in [3.8, 4) is 0 Å². The van der Waals surface area contributed by atoms with Crippen LogP contribution in [0.25, 0.3) is 0 Å². The zero-order valence-corrected chi connectivity index (χ0v) is 11.7. The van der Waals surface area contributed by atoms with Gasteiger partial charge in [0.25, 0.3) is 0 Å². The number of nitrogens with zero attached hydrogens (tertiary/aromatic N) is 1. The van der Waals surface area contributed by atoms with E-state index in [1.54, 1.807) is 0 Å². The van der Waals surface area contributed by atoms with Gasteiger partial charge in [0.2, 0.25) is 0 Å². The molecular weight excluding hydrogens is 226 g/mol. The number of carbonyl (C=O) groups excluding carboxylic acids is 1. The summed E-state index contributed by atoms with van der Waals surface area (Å²) in [6, 6.07) is 2.55. The van der Waals surface area contributed by atoms with Gasteiger partial charge in [0.15, 0.2) is 0 Å². The normalized spacial score (nSPS) is 16.8. The summed E-state index contributed by atoms with van der Waals surface area (Å²) in [6.07, 6.45) is 6.42. The van der Waals surface area contributed by atoms with Crippen LogP contribution in [0.1, 0.15) is 66.8 Å². The van der Waals surface area contributed by atoms with E-state index in [-0.39, 0.29) is 5.97 Å². The Balaban J connectivity index is 2.28. The Hall–Kier alpha value is -1.25. The maximum Gasteiger partial charge on any atom is 0.339 e. The molecular formula is C15H23NO2. The molecule has 0 saturated heterocycles. The highest BCUT2D eigenvalue weighted by atomic mass is 16.5. The number of aryl methyl sites for hydroxylation is 1. The molecule has 1 heterocycles. The van der Waals surface area contributed by atoms with Crippen LogP contribution in [0.3, 0.4) is 0 Å². The lowest BCUT2D eigenvalue weighted by molar-refractivity contribution is 0.0525. The van der Waals surface area contributed by atoms with E-state index >= 15 is 0 Å². The van der Waals surface area contributed by atoms with Gasteiger partial charge in [0.05, 0.1) is 12.2 Å². The summed E-state index contributed by atoms with van der Waals surface area (Å²) >= 11 is 0. The van der Waals surface area contributed by atoms with Crippen LogP contribution in [0.5, 0.6) is 0 Å². The number of carbonyl (C=O) groups is 1. The predicted octanol–water partition coefficient (Wildman–Crippen LogP) is 3.79. The molecule has 1 aromatic heterocycles. The zero-order chi connectivity index (χ0) is 13.1. The zero-order valence-electron chi connectivity index (χ0n) is 11.7. The number of hydrogen-bond donors (Lipinski definition) is 0. The quantitative estimate of drug-likeness (QED) is 0.763. The fourth-order valence-corrected chi connectivity index (χ4v) is 3.09. The van der Waals surface area contributed by atoms with E-state index in [0.29, 0.717) is 12.6 Å². The second-order valence-electron chi connectivity index (χ2n) is 5.17. The molecule has 3 nitrogen and oxygen atoms in total. The van der Waals surface area contributed by atoms with E-state index in [9.17, 15) is 4.79 Å². The van der Waals surface area contributed by atoms with Gasteiger partial charge >= 0.3 is 5.97 Å². The van der Waals surface area contributed by atoms with Crippen LogP contribution >= 0.6 is 0 Å². The molecule has 0 atom stereocenters. The van der Waals surface area contributed by atoms with Crippen LogP contribution in [0.2, 0.25) is 0 Å². The molecule has 0 N–H and O–H groups in total. The lowest BCUT2D eigenvalue weighted by Gasteiger charge is -2.26. The Kier molecular flexibility index (Phi) is 4.10. The van der Waals surface area contributed by atoms with Gasteiger partial charge in [-0.25, -0.2) is 4.79 Å². The average molecular weight is 249 g/mol. The molecule has 2 rings (SSSR count). The molecule has 0 aromatic carbocycles. The Morgan fingerprint density at radius 1 is 1.33 bits per heavy atom. The van der Waals surface area contributed by atoms with E-state index in [4.69, 9.17) is 4.74 Å². The fourth-order valence-electron chi connectivity index (χ4n) is 3.09. The maximum atomic E-state index is 11.9. The summed E-state index contributed by atoms with van der Waals surface area (Å²) in [6.45, 7) is 6.41. The van der Waals surface area contributed by atoms with Crippen LogP contribution in [0, 0.1) is 13.8 Å². The van der Waals surface area contributed by atoms with E-state index in [2.05, 4.69) is 11.5 Å². The molecule has 0 spiro atoms. The lowest BCUT2D eigenvalue weighted by atomic mass is 9.95. The largest absolute Gasteiger partial charge is 0.462 e. The van der Waals surface area contributed by atoms with Crippen molar-refractivity contribution in [2.45, 2.75) is 58.9 Å². The summed E-state index contributed by atoms with van der Waals surface area (Å²) in [5.41, 5.74) is 2.99. The fraction of sp³-hybridized carbons (Fsp3) is 0.667. The second kappa shape index (κ2) is 5.59. The Morgan fingerprint density at radius 3 is 2.61 bits per heavy atom. The molecule has 18 heavy (non-hydrogen) atoms. The molecule has 3 heteroatoms. The summed E-state index contributed by atoms with van der Waals surface area (Å²) < 4.78 is 7.45. The third-order valence-corrected chi connectivity index (χ3v) is 3.92. The Labute approximate surface area is 109 Å². The molecule has 0 bridgehead atoms. The average Bonchev–Trinajstić information content (AvgIpc) is 2.66. The Morgan fingerprint density at radius 2 is 2.00 bits per heavy atom.